The Kier molecular flexibility index (Phi) is 4.95. The second kappa shape index (κ2) is 6.37. The van der Waals surface area contributed by atoms with Gasteiger partial charge in [-0.25, -0.2) is 17.2 Å². The number of hydrogen-bond acceptors (Lipinski definition) is 3. The monoisotopic (exact) mass is 318 g/mol. The van der Waals surface area contributed by atoms with E-state index in [2.05, 4.69) is 5.32 Å². The third-order valence-electron chi connectivity index (χ3n) is 3.64. The lowest BCUT2D eigenvalue weighted by Crippen LogP contribution is -2.44. The van der Waals surface area contributed by atoms with Gasteiger partial charge in [0.1, 0.15) is 0 Å². The summed E-state index contributed by atoms with van der Waals surface area (Å²) in [5.41, 5.74) is 0. The maximum atomic E-state index is 13.3. The van der Waals surface area contributed by atoms with E-state index in [4.69, 9.17) is 0 Å². The molecular formula is C14H20F2N2O2S. The number of rotatable bonds is 5. The average molecular weight is 318 g/mol. The van der Waals surface area contributed by atoms with Gasteiger partial charge in [-0.2, -0.15) is 4.31 Å². The fourth-order valence-corrected chi connectivity index (χ4v) is 4.18. The predicted octanol–water partition coefficient (Wildman–Crippen LogP) is 2.12. The Morgan fingerprint density at radius 1 is 1.33 bits per heavy atom. The van der Waals surface area contributed by atoms with E-state index < -0.39 is 21.7 Å². The van der Waals surface area contributed by atoms with Crippen LogP contribution in [0.4, 0.5) is 8.78 Å². The highest BCUT2D eigenvalue weighted by Crippen LogP contribution is 2.22. The molecular weight excluding hydrogens is 298 g/mol. The second-order valence-corrected chi connectivity index (χ2v) is 7.43. The van der Waals surface area contributed by atoms with Gasteiger partial charge in [0.25, 0.3) is 0 Å². The van der Waals surface area contributed by atoms with E-state index in [1.165, 1.54) is 4.31 Å². The lowest BCUT2D eigenvalue weighted by Gasteiger charge is -2.28. The molecule has 1 N–H and O–H groups in total. The molecule has 1 saturated heterocycles. The number of nitrogens with zero attached hydrogens (tertiary/aromatic N) is 1. The Hall–Kier alpha value is -1.05. The van der Waals surface area contributed by atoms with Gasteiger partial charge in [-0.15, -0.1) is 0 Å². The quantitative estimate of drug-likeness (QED) is 0.905. The van der Waals surface area contributed by atoms with Crippen LogP contribution < -0.4 is 5.32 Å². The van der Waals surface area contributed by atoms with E-state index in [-0.39, 0.29) is 17.0 Å². The Bertz CT molecular complexity index is 599. The first kappa shape index (κ1) is 16.3. The van der Waals surface area contributed by atoms with Gasteiger partial charge in [0, 0.05) is 18.6 Å². The zero-order chi connectivity index (χ0) is 15.6. The minimum absolute atomic E-state index is 0.104. The fourth-order valence-electron chi connectivity index (χ4n) is 2.49. The van der Waals surface area contributed by atoms with Crippen molar-refractivity contribution in [2.24, 2.45) is 0 Å². The van der Waals surface area contributed by atoms with E-state index in [1.807, 2.05) is 0 Å². The third-order valence-corrected chi connectivity index (χ3v) is 5.67. The van der Waals surface area contributed by atoms with Gasteiger partial charge in [0.15, 0.2) is 11.6 Å². The summed E-state index contributed by atoms with van der Waals surface area (Å²) in [6, 6.07) is 2.53. The molecule has 0 radical (unpaired) electrons. The molecule has 1 atom stereocenters. The van der Waals surface area contributed by atoms with Gasteiger partial charge >= 0.3 is 0 Å². The van der Waals surface area contributed by atoms with Crippen LogP contribution in [-0.4, -0.2) is 37.9 Å². The molecule has 1 heterocycles. The van der Waals surface area contributed by atoms with Gasteiger partial charge in [-0.3, -0.25) is 0 Å². The highest BCUT2D eigenvalue weighted by molar-refractivity contribution is 7.89. The van der Waals surface area contributed by atoms with Crippen molar-refractivity contribution in [2.45, 2.75) is 43.7 Å². The van der Waals surface area contributed by atoms with E-state index in [9.17, 15) is 17.2 Å². The van der Waals surface area contributed by atoms with Crippen LogP contribution in [0.15, 0.2) is 23.1 Å². The highest BCUT2D eigenvalue weighted by atomic mass is 32.2. The van der Waals surface area contributed by atoms with Crippen LogP contribution in [0.25, 0.3) is 0 Å². The van der Waals surface area contributed by atoms with Crippen LogP contribution in [0.3, 0.4) is 0 Å². The first-order chi connectivity index (χ1) is 9.82. The summed E-state index contributed by atoms with van der Waals surface area (Å²) in [5.74, 6) is -2.21. The summed E-state index contributed by atoms with van der Waals surface area (Å²) in [6.07, 6.45) is 1.93. The van der Waals surface area contributed by atoms with E-state index in [0.717, 1.165) is 37.6 Å². The largest absolute Gasteiger partial charge is 0.313 e. The number of nitrogens with one attached hydrogen (secondary N) is 1. The van der Waals surface area contributed by atoms with Crippen molar-refractivity contribution in [1.29, 1.82) is 0 Å². The molecule has 2 rings (SSSR count). The maximum Gasteiger partial charge on any atom is 0.243 e. The van der Waals surface area contributed by atoms with Gasteiger partial charge in [0.05, 0.1) is 4.90 Å². The Morgan fingerprint density at radius 3 is 2.57 bits per heavy atom. The van der Waals surface area contributed by atoms with E-state index in [0.29, 0.717) is 6.54 Å². The van der Waals surface area contributed by atoms with Crippen LogP contribution >= 0.6 is 0 Å². The molecule has 1 unspecified atom stereocenters. The molecule has 1 fully saturated rings. The van der Waals surface area contributed by atoms with Crippen molar-refractivity contribution >= 4 is 10.0 Å². The molecule has 0 amide bonds. The Labute approximate surface area is 124 Å². The molecule has 1 aliphatic rings. The van der Waals surface area contributed by atoms with Crippen molar-refractivity contribution in [3.8, 4) is 0 Å². The van der Waals surface area contributed by atoms with Gasteiger partial charge < -0.3 is 5.32 Å². The van der Waals surface area contributed by atoms with Crippen molar-refractivity contribution < 1.29 is 17.2 Å². The molecule has 0 aliphatic carbocycles. The first-order valence-electron chi connectivity index (χ1n) is 7.02. The summed E-state index contributed by atoms with van der Waals surface area (Å²) in [4.78, 5) is -0.215. The lowest BCUT2D eigenvalue weighted by molar-refractivity contribution is 0.322. The normalized spacial score (nSPS) is 19.6. The van der Waals surface area contributed by atoms with Crippen LogP contribution in [0.2, 0.25) is 0 Å². The zero-order valence-corrected chi connectivity index (χ0v) is 13.0. The minimum Gasteiger partial charge on any atom is -0.313 e. The van der Waals surface area contributed by atoms with Gasteiger partial charge in [-0.1, -0.05) is 0 Å². The van der Waals surface area contributed by atoms with Crippen LogP contribution in [0, 0.1) is 11.6 Å². The minimum atomic E-state index is -3.84. The van der Waals surface area contributed by atoms with Gasteiger partial charge in [0.2, 0.25) is 10.0 Å². The van der Waals surface area contributed by atoms with Gasteiger partial charge in [-0.05, 0) is 51.4 Å². The molecule has 0 saturated carbocycles. The summed E-state index contributed by atoms with van der Waals surface area (Å²) in [6.45, 7) is 4.75. The van der Waals surface area contributed by atoms with Crippen molar-refractivity contribution in [1.82, 2.24) is 9.62 Å². The molecule has 1 aliphatic heterocycles. The number of halogens is 2. The van der Waals surface area contributed by atoms with Crippen molar-refractivity contribution in [3.05, 3.63) is 29.8 Å². The topological polar surface area (TPSA) is 49.4 Å². The molecule has 118 valence electrons. The molecule has 1 aromatic rings. The molecule has 1 aromatic carbocycles. The van der Waals surface area contributed by atoms with E-state index >= 15 is 0 Å². The predicted molar refractivity (Wildman–Crippen MR) is 76.4 cm³/mol. The molecule has 21 heavy (non-hydrogen) atoms. The summed E-state index contributed by atoms with van der Waals surface area (Å²) >= 11 is 0. The van der Waals surface area contributed by atoms with Crippen LogP contribution in [0.5, 0.6) is 0 Å². The van der Waals surface area contributed by atoms with Crippen molar-refractivity contribution in [2.75, 3.05) is 13.1 Å². The molecule has 0 spiro atoms. The summed E-state index contributed by atoms with van der Waals surface area (Å²) in [7, 11) is -3.84. The van der Waals surface area contributed by atoms with Crippen LogP contribution in [0.1, 0.15) is 26.7 Å². The fraction of sp³-hybridized carbons (Fsp3) is 0.571. The SMILES string of the molecule is CC(C)N(CC1CCCN1)S(=O)(=O)c1ccc(F)c(F)c1. The third kappa shape index (κ3) is 3.59. The second-order valence-electron chi connectivity index (χ2n) is 5.54. The highest BCUT2D eigenvalue weighted by Gasteiger charge is 2.30. The van der Waals surface area contributed by atoms with Crippen LogP contribution in [-0.2, 0) is 10.0 Å². The zero-order valence-electron chi connectivity index (χ0n) is 12.1. The number of benzene rings is 1. The smallest absolute Gasteiger partial charge is 0.243 e. The van der Waals surface area contributed by atoms with E-state index in [1.54, 1.807) is 13.8 Å². The molecule has 7 heteroatoms. The number of sulfonamides is 1. The molecule has 0 aromatic heterocycles. The first-order valence-corrected chi connectivity index (χ1v) is 8.46. The molecule has 0 bridgehead atoms. The summed E-state index contributed by atoms with van der Waals surface area (Å²) in [5, 5.41) is 3.25. The van der Waals surface area contributed by atoms with Crippen molar-refractivity contribution in [3.63, 3.8) is 0 Å². The standard InChI is InChI=1S/C14H20F2N2O2S/c1-10(2)18(9-11-4-3-7-17-11)21(19,20)12-5-6-13(15)14(16)8-12/h5-6,8,10-11,17H,3-4,7,9H2,1-2H3. The average Bonchev–Trinajstić information content (AvgIpc) is 2.91. The lowest BCUT2D eigenvalue weighted by atomic mass is 10.2. The number of hydrogen-bond donors (Lipinski definition) is 1. The molecule has 4 nitrogen and oxygen atoms in total. The maximum absolute atomic E-state index is 13.3. The Morgan fingerprint density at radius 2 is 2.05 bits per heavy atom. The summed E-state index contributed by atoms with van der Waals surface area (Å²) < 4.78 is 52.9. The Balaban J connectivity index is 2.30.